The molecule has 3 aromatic rings. The smallest absolute Gasteiger partial charge is 0.366 e. The number of ether oxygens (including phenoxy) is 1. The number of aryl methyl sites for hydroxylation is 1. The fraction of sp³-hybridized carbons (Fsp3) is 0.381. The maximum Gasteiger partial charge on any atom is 0.415 e. The van der Waals surface area contributed by atoms with E-state index in [0.29, 0.717) is 12.1 Å². The van der Waals surface area contributed by atoms with Gasteiger partial charge in [0.15, 0.2) is 6.10 Å². The number of halogens is 3. The van der Waals surface area contributed by atoms with Crippen LogP contribution in [0.2, 0.25) is 0 Å². The number of carbonyl (C=O) groups is 1. The molecule has 2 atom stereocenters. The molecule has 3 heterocycles. The van der Waals surface area contributed by atoms with Crippen LogP contribution in [0.5, 0.6) is 0 Å². The van der Waals surface area contributed by atoms with E-state index in [-0.39, 0.29) is 24.9 Å². The Morgan fingerprint density at radius 1 is 1.32 bits per heavy atom. The number of aromatic nitrogens is 3. The third-order valence-corrected chi connectivity index (χ3v) is 5.46. The SMILES string of the molecule is CC1COC(C(F)(F)F)CN1Cc1ccc2c(-c3cnn(C)c3)cc(C(N)=O)nc2c1. The molecule has 1 fully saturated rings. The van der Waals surface area contributed by atoms with Gasteiger partial charge in [0, 0.05) is 43.3 Å². The highest BCUT2D eigenvalue weighted by molar-refractivity contribution is 6.00. The van der Waals surface area contributed by atoms with Crippen molar-refractivity contribution in [2.75, 3.05) is 13.2 Å². The predicted molar refractivity (Wildman–Crippen MR) is 108 cm³/mol. The zero-order chi connectivity index (χ0) is 22.3. The van der Waals surface area contributed by atoms with Crippen molar-refractivity contribution in [2.45, 2.75) is 31.8 Å². The lowest BCUT2D eigenvalue weighted by molar-refractivity contribution is -0.244. The van der Waals surface area contributed by atoms with Gasteiger partial charge in [0.1, 0.15) is 5.69 Å². The van der Waals surface area contributed by atoms with Gasteiger partial charge in [-0.3, -0.25) is 14.4 Å². The topological polar surface area (TPSA) is 86.3 Å². The summed E-state index contributed by atoms with van der Waals surface area (Å²) in [6.45, 7) is 1.90. The van der Waals surface area contributed by atoms with Crippen LogP contribution in [0.4, 0.5) is 13.2 Å². The molecule has 0 bridgehead atoms. The van der Waals surface area contributed by atoms with Gasteiger partial charge in [-0.25, -0.2) is 4.98 Å². The summed E-state index contributed by atoms with van der Waals surface area (Å²) in [6.07, 6.45) is -2.71. The van der Waals surface area contributed by atoms with Crippen molar-refractivity contribution >= 4 is 16.8 Å². The van der Waals surface area contributed by atoms with Crippen LogP contribution in [0.1, 0.15) is 23.0 Å². The molecule has 1 saturated heterocycles. The molecule has 10 heteroatoms. The van der Waals surface area contributed by atoms with Crippen molar-refractivity contribution in [3.05, 3.63) is 47.9 Å². The monoisotopic (exact) mass is 433 g/mol. The molecule has 7 nitrogen and oxygen atoms in total. The van der Waals surface area contributed by atoms with E-state index in [1.54, 1.807) is 35.0 Å². The molecule has 164 valence electrons. The average molecular weight is 433 g/mol. The molecule has 1 amide bonds. The first-order valence-electron chi connectivity index (χ1n) is 9.76. The van der Waals surface area contributed by atoms with Crippen molar-refractivity contribution in [2.24, 2.45) is 12.8 Å². The number of alkyl halides is 3. The molecule has 0 spiro atoms. The number of nitrogens with zero attached hydrogens (tertiary/aromatic N) is 4. The number of morpholine rings is 1. The van der Waals surface area contributed by atoms with E-state index in [4.69, 9.17) is 10.5 Å². The molecule has 1 aliphatic heterocycles. The van der Waals surface area contributed by atoms with E-state index < -0.39 is 18.2 Å². The maximum absolute atomic E-state index is 13.1. The van der Waals surface area contributed by atoms with E-state index in [1.165, 1.54) is 0 Å². The molecule has 4 rings (SSSR count). The van der Waals surface area contributed by atoms with Crippen molar-refractivity contribution in [1.29, 1.82) is 0 Å². The number of rotatable bonds is 4. The first-order valence-corrected chi connectivity index (χ1v) is 9.76. The summed E-state index contributed by atoms with van der Waals surface area (Å²) in [5, 5.41) is 4.97. The number of hydrogen-bond acceptors (Lipinski definition) is 5. The highest BCUT2D eigenvalue weighted by Gasteiger charge is 2.44. The molecule has 2 N–H and O–H groups in total. The van der Waals surface area contributed by atoms with Crippen LogP contribution in [-0.2, 0) is 18.3 Å². The van der Waals surface area contributed by atoms with Gasteiger partial charge in [0.2, 0.25) is 0 Å². The first kappa shape index (κ1) is 21.3. The standard InChI is InChI=1S/C21H22F3N5O2/c1-12-11-31-19(21(22,23)24)10-29(12)8-13-3-4-15-16(14-7-26-28(2)9-14)6-18(20(25)30)27-17(15)5-13/h3-7,9,12,19H,8,10-11H2,1-2H3,(H2,25,30). The number of fused-ring (bicyclic) bond motifs is 1. The zero-order valence-electron chi connectivity index (χ0n) is 17.1. The minimum absolute atomic E-state index is 0.00693. The van der Waals surface area contributed by atoms with Gasteiger partial charge >= 0.3 is 6.18 Å². The Bertz CT molecular complexity index is 1130. The number of benzene rings is 1. The highest BCUT2D eigenvalue weighted by atomic mass is 19.4. The quantitative estimate of drug-likeness (QED) is 0.684. The summed E-state index contributed by atoms with van der Waals surface area (Å²) in [5.41, 5.74) is 8.47. The number of pyridine rings is 1. The second kappa shape index (κ2) is 7.93. The third-order valence-electron chi connectivity index (χ3n) is 5.46. The number of carbonyl (C=O) groups excluding carboxylic acids is 1. The lowest BCUT2D eigenvalue weighted by atomic mass is 10.0. The van der Waals surface area contributed by atoms with Gasteiger partial charge < -0.3 is 10.5 Å². The van der Waals surface area contributed by atoms with Gasteiger partial charge in [0.25, 0.3) is 5.91 Å². The molecule has 1 aromatic carbocycles. The molecule has 0 saturated carbocycles. The fourth-order valence-electron chi connectivity index (χ4n) is 3.76. The Kier molecular flexibility index (Phi) is 5.44. The Hall–Kier alpha value is -2.98. The molecule has 0 aliphatic carbocycles. The molecule has 31 heavy (non-hydrogen) atoms. The van der Waals surface area contributed by atoms with Crippen molar-refractivity contribution < 1.29 is 22.7 Å². The lowest BCUT2D eigenvalue weighted by Crippen LogP contribution is -2.52. The summed E-state index contributed by atoms with van der Waals surface area (Å²) in [5.74, 6) is -0.660. The van der Waals surface area contributed by atoms with Crippen LogP contribution in [0.25, 0.3) is 22.0 Å². The van der Waals surface area contributed by atoms with E-state index >= 15 is 0 Å². The van der Waals surface area contributed by atoms with Crippen LogP contribution in [0.3, 0.4) is 0 Å². The molecule has 0 radical (unpaired) electrons. The van der Waals surface area contributed by atoms with Crippen LogP contribution in [0, 0.1) is 0 Å². The normalized spacial score (nSPS) is 20.3. The fourth-order valence-corrected chi connectivity index (χ4v) is 3.76. The lowest BCUT2D eigenvalue weighted by Gasteiger charge is -2.38. The Morgan fingerprint density at radius 2 is 2.10 bits per heavy atom. The van der Waals surface area contributed by atoms with Gasteiger partial charge in [0.05, 0.1) is 18.3 Å². The second-order valence-corrected chi connectivity index (χ2v) is 7.82. The Balaban J connectivity index is 1.69. The van der Waals surface area contributed by atoms with E-state index in [2.05, 4.69) is 10.1 Å². The number of amides is 1. The summed E-state index contributed by atoms with van der Waals surface area (Å²) in [6, 6.07) is 6.96. The summed E-state index contributed by atoms with van der Waals surface area (Å²) in [7, 11) is 1.79. The Labute approximate surface area is 176 Å². The molecular formula is C21H22F3N5O2. The largest absolute Gasteiger partial charge is 0.415 e. The minimum atomic E-state index is -4.40. The molecule has 2 unspecified atom stereocenters. The third kappa shape index (κ3) is 4.40. The van der Waals surface area contributed by atoms with Gasteiger partial charge in [-0.05, 0) is 30.2 Å². The summed E-state index contributed by atoms with van der Waals surface area (Å²) >= 11 is 0. The number of hydrogen-bond donors (Lipinski definition) is 1. The van der Waals surface area contributed by atoms with Gasteiger partial charge in [-0.2, -0.15) is 18.3 Å². The summed E-state index contributed by atoms with van der Waals surface area (Å²) in [4.78, 5) is 17.9. The van der Waals surface area contributed by atoms with Crippen LogP contribution in [0.15, 0.2) is 36.7 Å². The van der Waals surface area contributed by atoms with Crippen LogP contribution >= 0.6 is 0 Å². The van der Waals surface area contributed by atoms with Crippen molar-refractivity contribution in [3.63, 3.8) is 0 Å². The minimum Gasteiger partial charge on any atom is -0.366 e. The predicted octanol–water partition coefficient (Wildman–Crippen LogP) is 2.89. The van der Waals surface area contributed by atoms with Gasteiger partial charge in [-0.1, -0.05) is 12.1 Å². The average Bonchev–Trinajstić information content (AvgIpc) is 3.13. The maximum atomic E-state index is 13.1. The second-order valence-electron chi connectivity index (χ2n) is 7.82. The molecular weight excluding hydrogens is 411 g/mol. The number of nitrogens with two attached hydrogens (primary N) is 1. The highest BCUT2D eigenvalue weighted by Crippen LogP contribution is 2.31. The van der Waals surface area contributed by atoms with Crippen LogP contribution in [-0.4, -0.2) is 57.0 Å². The zero-order valence-corrected chi connectivity index (χ0v) is 17.1. The first-order chi connectivity index (χ1) is 14.6. The van der Waals surface area contributed by atoms with E-state index in [9.17, 15) is 18.0 Å². The number of primary amides is 1. The van der Waals surface area contributed by atoms with Crippen molar-refractivity contribution in [3.8, 4) is 11.1 Å². The van der Waals surface area contributed by atoms with Crippen molar-refractivity contribution in [1.82, 2.24) is 19.7 Å². The Morgan fingerprint density at radius 3 is 2.74 bits per heavy atom. The van der Waals surface area contributed by atoms with Crippen LogP contribution < -0.4 is 5.73 Å². The molecule has 1 aliphatic rings. The van der Waals surface area contributed by atoms with Gasteiger partial charge in [-0.15, -0.1) is 0 Å². The van der Waals surface area contributed by atoms with E-state index in [1.807, 2.05) is 25.3 Å². The van der Waals surface area contributed by atoms with E-state index in [0.717, 1.165) is 22.1 Å². The summed E-state index contributed by atoms with van der Waals surface area (Å²) < 4.78 is 45.9. The molecule has 2 aromatic heterocycles.